The van der Waals surface area contributed by atoms with Gasteiger partial charge in [-0.05, 0) is 43.3 Å². The van der Waals surface area contributed by atoms with Gasteiger partial charge in [-0.3, -0.25) is 4.79 Å². The van der Waals surface area contributed by atoms with E-state index in [1.54, 1.807) is 42.5 Å². The summed E-state index contributed by atoms with van der Waals surface area (Å²) in [6.45, 7) is 2.06. The van der Waals surface area contributed by atoms with Crippen molar-refractivity contribution >= 4 is 5.78 Å². The van der Waals surface area contributed by atoms with Crippen molar-refractivity contribution in [1.82, 2.24) is 0 Å². The first kappa shape index (κ1) is 14.1. The number of carbonyl (C=O) groups is 1. The Morgan fingerprint density at radius 3 is 2.30 bits per heavy atom. The summed E-state index contributed by atoms with van der Waals surface area (Å²) in [6, 6.07) is 13.1. The molecule has 2 rings (SSSR count). The molecule has 0 saturated heterocycles. The Bertz CT molecular complexity index is 579. The molecule has 0 aliphatic heterocycles. The van der Waals surface area contributed by atoms with Crippen LogP contribution in [0.5, 0.6) is 11.5 Å². The second-order valence-corrected chi connectivity index (χ2v) is 4.21. The summed E-state index contributed by atoms with van der Waals surface area (Å²) >= 11 is 0. The standard InChI is InChI=1S/C16H15FO3/c1-12(18)13-6-8-14(9-7-13)19-10-11-20-16-5-3-2-4-15(16)17/h2-9H,10-11H2,1H3. The molecule has 0 fully saturated rings. The topological polar surface area (TPSA) is 35.5 Å². The van der Waals surface area contributed by atoms with Crippen molar-refractivity contribution < 1.29 is 18.7 Å². The molecule has 2 aromatic carbocycles. The molecule has 0 heterocycles. The van der Waals surface area contributed by atoms with E-state index in [1.165, 1.54) is 13.0 Å². The Labute approximate surface area is 117 Å². The normalized spacial score (nSPS) is 10.1. The number of ketones is 1. The van der Waals surface area contributed by atoms with Gasteiger partial charge in [-0.1, -0.05) is 12.1 Å². The summed E-state index contributed by atoms with van der Waals surface area (Å²) in [4.78, 5) is 11.1. The van der Waals surface area contributed by atoms with E-state index < -0.39 is 5.82 Å². The van der Waals surface area contributed by atoms with Gasteiger partial charge in [0.25, 0.3) is 0 Å². The summed E-state index contributed by atoms with van der Waals surface area (Å²) in [7, 11) is 0. The van der Waals surface area contributed by atoms with Gasteiger partial charge in [0.05, 0.1) is 0 Å². The molecule has 0 atom stereocenters. The number of para-hydroxylation sites is 1. The number of ether oxygens (including phenoxy) is 2. The van der Waals surface area contributed by atoms with Crippen molar-refractivity contribution in [3.05, 3.63) is 59.9 Å². The largest absolute Gasteiger partial charge is 0.490 e. The molecule has 0 saturated carbocycles. The minimum atomic E-state index is -0.390. The Morgan fingerprint density at radius 2 is 1.65 bits per heavy atom. The Balaban J connectivity index is 1.79. The molecule has 2 aromatic rings. The molecule has 0 aromatic heterocycles. The maximum Gasteiger partial charge on any atom is 0.165 e. The zero-order valence-corrected chi connectivity index (χ0v) is 11.1. The van der Waals surface area contributed by atoms with Crippen molar-refractivity contribution in [1.29, 1.82) is 0 Å². The molecule has 0 unspecified atom stereocenters. The molecule has 0 aliphatic rings. The highest BCUT2D eigenvalue weighted by Gasteiger charge is 2.02. The number of carbonyl (C=O) groups excluding carboxylic acids is 1. The van der Waals surface area contributed by atoms with Crippen LogP contribution in [0.25, 0.3) is 0 Å². The van der Waals surface area contributed by atoms with Gasteiger partial charge in [0.15, 0.2) is 17.3 Å². The second-order valence-electron chi connectivity index (χ2n) is 4.21. The van der Waals surface area contributed by atoms with Crippen LogP contribution in [0, 0.1) is 5.82 Å². The number of halogens is 1. The van der Waals surface area contributed by atoms with Gasteiger partial charge in [-0.2, -0.15) is 0 Å². The molecule has 3 nitrogen and oxygen atoms in total. The Kier molecular flexibility index (Phi) is 4.71. The van der Waals surface area contributed by atoms with E-state index in [4.69, 9.17) is 9.47 Å². The highest BCUT2D eigenvalue weighted by atomic mass is 19.1. The van der Waals surface area contributed by atoms with Crippen molar-refractivity contribution in [2.75, 3.05) is 13.2 Å². The third-order valence-corrected chi connectivity index (χ3v) is 2.71. The van der Waals surface area contributed by atoms with E-state index in [9.17, 15) is 9.18 Å². The van der Waals surface area contributed by atoms with E-state index >= 15 is 0 Å². The zero-order chi connectivity index (χ0) is 14.4. The number of Topliss-reactive ketones (excluding diaryl/α,β-unsaturated/α-hetero) is 1. The van der Waals surface area contributed by atoms with Crippen molar-refractivity contribution in [2.24, 2.45) is 0 Å². The summed E-state index contributed by atoms with van der Waals surface area (Å²) in [5.74, 6) is 0.480. The molecule has 0 radical (unpaired) electrons. The third-order valence-electron chi connectivity index (χ3n) is 2.71. The predicted octanol–water partition coefficient (Wildman–Crippen LogP) is 3.49. The van der Waals surface area contributed by atoms with Crippen LogP contribution in [-0.4, -0.2) is 19.0 Å². The molecular formula is C16H15FO3. The third kappa shape index (κ3) is 3.82. The van der Waals surface area contributed by atoms with Crippen LogP contribution in [0.1, 0.15) is 17.3 Å². The lowest BCUT2D eigenvalue weighted by molar-refractivity contribution is 0.101. The molecule has 0 amide bonds. The quantitative estimate of drug-likeness (QED) is 0.597. The number of hydrogen-bond donors (Lipinski definition) is 0. The average molecular weight is 274 g/mol. The highest BCUT2D eigenvalue weighted by molar-refractivity contribution is 5.94. The van der Waals surface area contributed by atoms with Gasteiger partial charge in [0.1, 0.15) is 19.0 Å². The van der Waals surface area contributed by atoms with E-state index in [-0.39, 0.29) is 18.1 Å². The molecule has 0 aliphatic carbocycles. The first-order valence-electron chi connectivity index (χ1n) is 6.28. The second kappa shape index (κ2) is 6.70. The average Bonchev–Trinajstić information content (AvgIpc) is 2.46. The van der Waals surface area contributed by atoms with E-state index in [2.05, 4.69) is 0 Å². The zero-order valence-electron chi connectivity index (χ0n) is 11.1. The molecule has 0 spiro atoms. The van der Waals surface area contributed by atoms with Crippen LogP contribution in [0.15, 0.2) is 48.5 Å². The molecular weight excluding hydrogens is 259 g/mol. The monoisotopic (exact) mass is 274 g/mol. The van der Waals surface area contributed by atoms with Crippen molar-refractivity contribution in [3.63, 3.8) is 0 Å². The summed E-state index contributed by atoms with van der Waals surface area (Å²) in [5.41, 5.74) is 0.639. The highest BCUT2D eigenvalue weighted by Crippen LogP contribution is 2.16. The van der Waals surface area contributed by atoms with Gasteiger partial charge in [0, 0.05) is 5.56 Å². The number of hydrogen-bond acceptors (Lipinski definition) is 3. The Hall–Kier alpha value is -2.36. The maximum atomic E-state index is 13.3. The fourth-order valence-corrected chi connectivity index (χ4v) is 1.66. The van der Waals surface area contributed by atoms with Gasteiger partial charge in [-0.25, -0.2) is 4.39 Å². The fourth-order valence-electron chi connectivity index (χ4n) is 1.66. The summed E-state index contributed by atoms with van der Waals surface area (Å²) in [6.07, 6.45) is 0. The lowest BCUT2D eigenvalue weighted by atomic mass is 10.1. The van der Waals surface area contributed by atoms with Crippen LogP contribution in [0.3, 0.4) is 0 Å². The predicted molar refractivity (Wildman–Crippen MR) is 73.8 cm³/mol. The van der Waals surface area contributed by atoms with Crippen LogP contribution in [0.2, 0.25) is 0 Å². The lowest BCUT2D eigenvalue weighted by Gasteiger charge is -2.09. The van der Waals surface area contributed by atoms with Crippen LogP contribution in [-0.2, 0) is 0 Å². The molecule has 0 bridgehead atoms. The number of rotatable bonds is 6. The van der Waals surface area contributed by atoms with E-state index in [1.807, 2.05) is 0 Å². The fraction of sp³-hybridized carbons (Fsp3) is 0.188. The van der Waals surface area contributed by atoms with Crippen molar-refractivity contribution in [3.8, 4) is 11.5 Å². The smallest absolute Gasteiger partial charge is 0.165 e. The SMILES string of the molecule is CC(=O)c1ccc(OCCOc2ccccc2F)cc1. The van der Waals surface area contributed by atoms with Gasteiger partial charge >= 0.3 is 0 Å². The first-order valence-corrected chi connectivity index (χ1v) is 6.28. The van der Waals surface area contributed by atoms with Crippen molar-refractivity contribution in [2.45, 2.75) is 6.92 Å². The van der Waals surface area contributed by atoms with E-state index in [0.29, 0.717) is 17.9 Å². The number of benzene rings is 2. The maximum absolute atomic E-state index is 13.3. The lowest BCUT2D eigenvalue weighted by Crippen LogP contribution is -2.09. The molecule has 104 valence electrons. The van der Waals surface area contributed by atoms with Crippen LogP contribution < -0.4 is 9.47 Å². The van der Waals surface area contributed by atoms with E-state index in [0.717, 1.165) is 0 Å². The molecule has 20 heavy (non-hydrogen) atoms. The van der Waals surface area contributed by atoms with Crippen LogP contribution in [0.4, 0.5) is 4.39 Å². The Morgan fingerprint density at radius 1 is 1.00 bits per heavy atom. The van der Waals surface area contributed by atoms with Gasteiger partial charge in [0.2, 0.25) is 0 Å². The molecule has 4 heteroatoms. The summed E-state index contributed by atoms with van der Waals surface area (Å²) < 4.78 is 24.0. The summed E-state index contributed by atoms with van der Waals surface area (Å²) in [5, 5.41) is 0. The van der Waals surface area contributed by atoms with Crippen LogP contribution >= 0.6 is 0 Å². The molecule has 0 N–H and O–H groups in total. The minimum absolute atomic E-state index is 0.0134. The minimum Gasteiger partial charge on any atom is -0.490 e. The first-order chi connectivity index (χ1) is 9.66. The van der Waals surface area contributed by atoms with Gasteiger partial charge in [-0.15, -0.1) is 0 Å². The van der Waals surface area contributed by atoms with Gasteiger partial charge < -0.3 is 9.47 Å².